The lowest BCUT2D eigenvalue weighted by atomic mass is 10.1. The third kappa shape index (κ3) is 6.33. The average molecular weight is 323 g/mol. The number of nitro groups is 1. The Balaban J connectivity index is 2.46. The topological polar surface area (TPSA) is 125 Å². The van der Waals surface area contributed by atoms with Crippen LogP contribution in [-0.4, -0.2) is 30.0 Å². The molecule has 1 aromatic rings. The first kappa shape index (κ1) is 18.4. The maximum absolute atomic E-state index is 11.9. The lowest BCUT2D eigenvalue weighted by Gasteiger charge is -2.08. The van der Waals surface area contributed by atoms with Crippen LogP contribution < -0.4 is 11.1 Å². The van der Waals surface area contributed by atoms with Crippen molar-refractivity contribution in [2.24, 2.45) is 0 Å². The van der Waals surface area contributed by atoms with Crippen molar-refractivity contribution < 1.29 is 19.2 Å². The van der Waals surface area contributed by atoms with Gasteiger partial charge < -0.3 is 15.8 Å². The number of anilines is 1. The molecule has 3 N–H and O–H groups in total. The zero-order chi connectivity index (χ0) is 17.2. The van der Waals surface area contributed by atoms with E-state index in [1.54, 1.807) is 0 Å². The number of nitrogens with two attached hydrogens (primary N) is 1. The maximum atomic E-state index is 11.9. The summed E-state index contributed by atoms with van der Waals surface area (Å²) < 4.78 is 4.83. The SMILES string of the molecule is CCCCCCNC(=O)COC(=O)c1cc([N+](=O)[O-])ccc1N. The fourth-order valence-corrected chi connectivity index (χ4v) is 1.87. The fourth-order valence-electron chi connectivity index (χ4n) is 1.87. The van der Waals surface area contributed by atoms with Crippen LogP contribution in [0.3, 0.4) is 0 Å². The molecule has 0 aromatic heterocycles. The van der Waals surface area contributed by atoms with E-state index in [0.717, 1.165) is 31.7 Å². The Morgan fingerprint density at radius 3 is 2.70 bits per heavy atom. The highest BCUT2D eigenvalue weighted by molar-refractivity contribution is 5.96. The van der Waals surface area contributed by atoms with Crippen LogP contribution in [0.15, 0.2) is 18.2 Å². The predicted molar refractivity (Wildman–Crippen MR) is 84.9 cm³/mol. The minimum atomic E-state index is -0.868. The summed E-state index contributed by atoms with van der Waals surface area (Å²) in [4.78, 5) is 33.5. The van der Waals surface area contributed by atoms with Crippen LogP contribution in [0.5, 0.6) is 0 Å². The molecule has 0 aliphatic rings. The van der Waals surface area contributed by atoms with Crippen LogP contribution >= 0.6 is 0 Å². The maximum Gasteiger partial charge on any atom is 0.341 e. The van der Waals surface area contributed by atoms with Gasteiger partial charge in [-0.3, -0.25) is 14.9 Å². The standard InChI is InChI=1S/C15H21N3O5/c1-2-3-4-5-8-17-14(19)10-23-15(20)12-9-11(18(21)22)6-7-13(12)16/h6-7,9H,2-5,8,10,16H2,1H3,(H,17,19). The van der Waals surface area contributed by atoms with Gasteiger partial charge in [-0.2, -0.15) is 0 Å². The molecule has 1 aromatic carbocycles. The molecule has 0 spiro atoms. The van der Waals surface area contributed by atoms with Crippen LogP contribution in [-0.2, 0) is 9.53 Å². The number of hydrogen-bond donors (Lipinski definition) is 2. The average Bonchev–Trinajstić information content (AvgIpc) is 2.52. The molecule has 8 nitrogen and oxygen atoms in total. The zero-order valence-electron chi connectivity index (χ0n) is 13.0. The van der Waals surface area contributed by atoms with Gasteiger partial charge in [0.2, 0.25) is 0 Å². The number of nitro benzene ring substituents is 1. The molecule has 0 heterocycles. The number of nitrogens with one attached hydrogen (secondary N) is 1. The van der Waals surface area contributed by atoms with E-state index < -0.39 is 23.4 Å². The van der Waals surface area contributed by atoms with Gasteiger partial charge in [0.15, 0.2) is 6.61 Å². The number of hydrogen-bond acceptors (Lipinski definition) is 6. The van der Waals surface area contributed by atoms with Gasteiger partial charge in [-0.25, -0.2) is 4.79 Å². The van der Waals surface area contributed by atoms with Gasteiger partial charge in [0.1, 0.15) is 0 Å². The lowest BCUT2D eigenvalue weighted by Crippen LogP contribution is -2.29. The monoisotopic (exact) mass is 323 g/mol. The van der Waals surface area contributed by atoms with Gasteiger partial charge in [-0.15, -0.1) is 0 Å². The predicted octanol–water partition coefficient (Wildman–Crippen LogP) is 2.03. The van der Waals surface area contributed by atoms with E-state index in [9.17, 15) is 19.7 Å². The van der Waals surface area contributed by atoms with E-state index >= 15 is 0 Å². The van der Waals surface area contributed by atoms with Gasteiger partial charge >= 0.3 is 5.97 Å². The van der Waals surface area contributed by atoms with Crippen LogP contribution in [0.4, 0.5) is 11.4 Å². The van der Waals surface area contributed by atoms with Crippen molar-refractivity contribution in [1.82, 2.24) is 5.32 Å². The van der Waals surface area contributed by atoms with Gasteiger partial charge in [0.05, 0.1) is 10.5 Å². The zero-order valence-corrected chi connectivity index (χ0v) is 13.0. The molecular weight excluding hydrogens is 302 g/mol. The molecule has 0 saturated carbocycles. The van der Waals surface area contributed by atoms with Crippen LogP contribution in [0.1, 0.15) is 43.0 Å². The second kappa shape index (κ2) is 9.39. The minimum Gasteiger partial charge on any atom is -0.452 e. The molecular formula is C15H21N3O5. The van der Waals surface area contributed by atoms with Crippen molar-refractivity contribution in [3.05, 3.63) is 33.9 Å². The van der Waals surface area contributed by atoms with Gasteiger partial charge in [0.25, 0.3) is 11.6 Å². The lowest BCUT2D eigenvalue weighted by molar-refractivity contribution is -0.384. The molecule has 0 atom stereocenters. The Kier molecular flexibility index (Phi) is 7.52. The summed E-state index contributed by atoms with van der Waals surface area (Å²) in [5, 5.41) is 13.3. The third-order valence-corrected chi connectivity index (χ3v) is 3.15. The van der Waals surface area contributed by atoms with Crippen molar-refractivity contribution >= 4 is 23.3 Å². The molecule has 0 saturated heterocycles. The number of carbonyl (C=O) groups excluding carboxylic acids is 2. The highest BCUT2D eigenvalue weighted by Crippen LogP contribution is 2.20. The van der Waals surface area contributed by atoms with Crippen molar-refractivity contribution in [3.63, 3.8) is 0 Å². The molecule has 23 heavy (non-hydrogen) atoms. The summed E-state index contributed by atoms with van der Waals surface area (Å²) in [5.74, 6) is -1.29. The van der Waals surface area contributed by atoms with Crippen molar-refractivity contribution in [1.29, 1.82) is 0 Å². The number of benzene rings is 1. The second-order valence-corrected chi connectivity index (χ2v) is 5.02. The molecule has 1 rings (SSSR count). The van der Waals surface area contributed by atoms with Gasteiger partial charge in [-0.05, 0) is 12.5 Å². The summed E-state index contributed by atoms with van der Waals surface area (Å²) in [5.41, 5.74) is 5.25. The third-order valence-electron chi connectivity index (χ3n) is 3.15. The summed E-state index contributed by atoms with van der Waals surface area (Å²) in [7, 11) is 0. The van der Waals surface area contributed by atoms with Gasteiger partial charge in [0, 0.05) is 24.4 Å². The number of rotatable bonds is 9. The fraction of sp³-hybridized carbons (Fsp3) is 0.467. The van der Waals surface area contributed by atoms with E-state index in [-0.39, 0.29) is 16.9 Å². The first-order valence-electron chi connectivity index (χ1n) is 7.43. The molecule has 0 bridgehead atoms. The molecule has 0 fully saturated rings. The number of nitrogens with zero attached hydrogens (tertiary/aromatic N) is 1. The first-order valence-corrected chi connectivity index (χ1v) is 7.43. The number of esters is 1. The van der Waals surface area contributed by atoms with Crippen LogP contribution in [0, 0.1) is 10.1 Å². The number of unbranched alkanes of at least 4 members (excludes halogenated alkanes) is 3. The number of nitrogen functional groups attached to an aromatic ring is 1. The number of carbonyl (C=O) groups is 2. The Morgan fingerprint density at radius 1 is 1.30 bits per heavy atom. The van der Waals surface area contributed by atoms with E-state index in [0.29, 0.717) is 6.54 Å². The second-order valence-electron chi connectivity index (χ2n) is 5.02. The summed E-state index contributed by atoms with van der Waals surface area (Å²) in [6.07, 6.45) is 4.11. The highest BCUT2D eigenvalue weighted by Gasteiger charge is 2.17. The van der Waals surface area contributed by atoms with Crippen molar-refractivity contribution in [3.8, 4) is 0 Å². The number of non-ortho nitro benzene ring substituents is 1. The van der Waals surface area contributed by atoms with Crippen LogP contribution in [0.2, 0.25) is 0 Å². The Morgan fingerprint density at radius 2 is 2.04 bits per heavy atom. The molecule has 0 aliphatic heterocycles. The Bertz CT molecular complexity index is 574. The normalized spacial score (nSPS) is 10.1. The summed E-state index contributed by atoms with van der Waals surface area (Å²) in [6, 6.07) is 3.47. The van der Waals surface area contributed by atoms with Crippen LogP contribution in [0.25, 0.3) is 0 Å². The van der Waals surface area contributed by atoms with E-state index in [1.807, 2.05) is 0 Å². The Hall–Kier alpha value is -2.64. The van der Waals surface area contributed by atoms with E-state index in [4.69, 9.17) is 10.5 Å². The number of amides is 1. The minimum absolute atomic E-state index is 0.0561. The van der Waals surface area contributed by atoms with E-state index in [2.05, 4.69) is 12.2 Å². The van der Waals surface area contributed by atoms with Crippen molar-refractivity contribution in [2.45, 2.75) is 32.6 Å². The smallest absolute Gasteiger partial charge is 0.341 e. The molecule has 1 amide bonds. The summed E-state index contributed by atoms with van der Waals surface area (Å²) in [6.45, 7) is 2.17. The first-order chi connectivity index (χ1) is 11.0. The quantitative estimate of drug-likeness (QED) is 0.235. The van der Waals surface area contributed by atoms with Crippen molar-refractivity contribution in [2.75, 3.05) is 18.9 Å². The largest absolute Gasteiger partial charge is 0.452 e. The van der Waals surface area contributed by atoms with Gasteiger partial charge in [-0.1, -0.05) is 26.2 Å². The highest BCUT2D eigenvalue weighted by atomic mass is 16.6. The summed E-state index contributed by atoms with van der Waals surface area (Å²) >= 11 is 0. The number of ether oxygens (including phenoxy) is 1. The molecule has 0 unspecified atom stereocenters. The molecule has 0 radical (unpaired) electrons. The molecule has 126 valence electrons. The van der Waals surface area contributed by atoms with E-state index in [1.165, 1.54) is 12.1 Å². The molecule has 8 heteroatoms. The molecule has 0 aliphatic carbocycles. The Labute approximate surface area is 134 Å².